The number of carbonyl (C=O) groups is 3. The maximum Gasteiger partial charge on any atom is 0.262 e. The van der Waals surface area contributed by atoms with E-state index in [1.165, 1.54) is 0 Å². The van der Waals surface area contributed by atoms with Gasteiger partial charge in [0.25, 0.3) is 5.91 Å². The van der Waals surface area contributed by atoms with E-state index < -0.39 is 0 Å². The van der Waals surface area contributed by atoms with Gasteiger partial charge in [-0.05, 0) is 61.7 Å². The fourth-order valence-corrected chi connectivity index (χ4v) is 4.32. The Morgan fingerprint density at radius 1 is 1.06 bits per heavy atom. The van der Waals surface area contributed by atoms with Gasteiger partial charge >= 0.3 is 0 Å². The van der Waals surface area contributed by atoms with Gasteiger partial charge in [0.05, 0.1) is 6.04 Å². The zero-order valence-electron chi connectivity index (χ0n) is 18.0. The van der Waals surface area contributed by atoms with Gasteiger partial charge in [0.1, 0.15) is 5.75 Å². The van der Waals surface area contributed by atoms with Gasteiger partial charge in [-0.15, -0.1) is 0 Å². The normalized spacial score (nSPS) is 18.7. The second-order valence-electron chi connectivity index (χ2n) is 8.17. The molecule has 0 spiro atoms. The van der Waals surface area contributed by atoms with Crippen molar-refractivity contribution in [3.63, 3.8) is 0 Å². The second-order valence-corrected chi connectivity index (χ2v) is 8.17. The van der Waals surface area contributed by atoms with Gasteiger partial charge in [0.15, 0.2) is 6.61 Å². The first-order valence-electron chi connectivity index (χ1n) is 11.0. The molecule has 32 heavy (non-hydrogen) atoms. The molecule has 2 aliphatic rings. The van der Waals surface area contributed by atoms with Gasteiger partial charge in [-0.25, -0.2) is 0 Å². The van der Waals surface area contributed by atoms with Crippen molar-refractivity contribution in [3.05, 3.63) is 54.1 Å². The molecule has 2 aromatic carbocycles. The highest BCUT2D eigenvalue weighted by molar-refractivity contribution is 5.95. The first-order chi connectivity index (χ1) is 15.5. The van der Waals surface area contributed by atoms with Crippen molar-refractivity contribution < 1.29 is 19.1 Å². The lowest BCUT2D eigenvalue weighted by molar-refractivity contribution is -0.122. The monoisotopic (exact) mass is 436 g/mol. The van der Waals surface area contributed by atoms with Crippen LogP contribution in [0.1, 0.15) is 31.2 Å². The minimum atomic E-state index is -0.308. The highest BCUT2D eigenvalue weighted by atomic mass is 16.5. The molecule has 3 amide bonds. The van der Waals surface area contributed by atoms with Crippen molar-refractivity contribution in [2.24, 2.45) is 5.73 Å². The fourth-order valence-electron chi connectivity index (χ4n) is 4.32. The molecule has 168 valence electrons. The molecule has 0 radical (unpaired) electrons. The first kappa shape index (κ1) is 21.8. The Morgan fingerprint density at radius 3 is 2.56 bits per heavy atom. The van der Waals surface area contributed by atoms with E-state index in [-0.39, 0.29) is 30.4 Å². The maximum atomic E-state index is 12.5. The Bertz CT molecular complexity index is 992. The van der Waals surface area contributed by atoms with E-state index in [0.717, 1.165) is 43.6 Å². The number of nitrogens with zero attached hydrogens (tertiary/aromatic N) is 2. The maximum absolute atomic E-state index is 12.5. The van der Waals surface area contributed by atoms with Crippen LogP contribution in [-0.2, 0) is 20.9 Å². The van der Waals surface area contributed by atoms with Crippen LogP contribution in [0.4, 0.5) is 11.4 Å². The van der Waals surface area contributed by atoms with Crippen molar-refractivity contribution in [2.45, 2.75) is 38.3 Å². The van der Waals surface area contributed by atoms with Crippen LogP contribution in [0.25, 0.3) is 0 Å². The number of hydrogen-bond donors (Lipinski definition) is 2. The average Bonchev–Trinajstić information content (AvgIpc) is 3.43. The van der Waals surface area contributed by atoms with Crippen molar-refractivity contribution in [1.82, 2.24) is 4.90 Å². The van der Waals surface area contributed by atoms with Gasteiger partial charge < -0.3 is 20.7 Å². The Morgan fingerprint density at radius 2 is 1.84 bits per heavy atom. The van der Waals surface area contributed by atoms with Crippen molar-refractivity contribution in [3.8, 4) is 5.75 Å². The number of rotatable bonds is 8. The smallest absolute Gasteiger partial charge is 0.262 e. The van der Waals surface area contributed by atoms with Gasteiger partial charge in [-0.1, -0.05) is 18.2 Å². The molecule has 8 nitrogen and oxygen atoms in total. The number of primary amides is 1. The van der Waals surface area contributed by atoms with Gasteiger partial charge in [0.2, 0.25) is 11.8 Å². The largest absolute Gasteiger partial charge is 0.484 e. The standard InChI is InChI=1S/C24H28N4O4/c25-24(31)21-7-3-13-27(21)15-17-5-1-2-6-20(17)26-22(29)16-32-19-11-9-18(10-12-19)28-14-4-8-23(28)30/h1-2,5-6,9-12,21H,3-4,7-8,13-16H2,(H2,25,31)(H,26,29). The molecule has 3 N–H and O–H groups in total. The number of likely N-dealkylation sites (tertiary alicyclic amines) is 1. The van der Waals surface area contributed by atoms with Gasteiger partial charge in [0, 0.05) is 30.9 Å². The van der Waals surface area contributed by atoms with E-state index in [2.05, 4.69) is 10.2 Å². The van der Waals surface area contributed by atoms with Crippen LogP contribution in [0.2, 0.25) is 0 Å². The summed E-state index contributed by atoms with van der Waals surface area (Å²) in [4.78, 5) is 39.8. The van der Waals surface area contributed by atoms with E-state index in [4.69, 9.17) is 10.5 Å². The van der Waals surface area contributed by atoms with Crippen molar-refractivity contribution >= 4 is 29.1 Å². The number of hydrogen-bond acceptors (Lipinski definition) is 5. The Hall–Kier alpha value is -3.39. The number of anilines is 2. The van der Waals surface area contributed by atoms with Gasteiger partial charge in [-0.2, -0.15) is 0 Å². The molecular formula is C24H28N4O4. The summed E-state index contributed by atoms with van der Waals surface area (Å²) in [6, 6.07) is 14.5. The number of nitrogens with two attached hydrogens (primary N) is 1. The number of carbonyl (C=O) groups excluding carboxylic acids is 3. The zero-order valence-corrected chi connectivity index (χ0v) is 18.0. The van der Waals surface area contributed by atoms with E-state index in [1.54, 1.807) is 17.0 Å². The summed E-state index contributed by atoms with van der Waals surface area (Å²) in [7, 11) is 0. The fraction of sp³-hybridized carbons (Fsp3) is 0.375. The number of ether oxygens (including phenoxy) is 1. The zero-order chi connectivity index (χ0) is 22.5. The predicted molar refractivity (Wildman–Crippen MR) is 121 cm³/mol. The first-order valence-corrected chi connectivity index (χ1v) is 11.0. The van der Waals surface area contributed by atoms with Crippen LogP contribution >= 0.6 is 0 Å². The summed E-state index contributed by atoms with van der Waals surface area (Å²) >= 11 is 0. The van der Waals surface area contributed by atoms with Crippen LogP contribution in [0.3, 0.4) is 0 Å². The third-order valence-electron chi connectivity index (χ3n) is 5.95. The average molecular weight is 437 g/mol. The summed E-state index contributed by atoms with van der Waals surface area (Å²) < 4.78 is 5.62. The quantitative estimate of drug-likeness (QED) is 0.661. The summed E-state index contributed by atoms with van der Waals surface area (Å²) in [6.45, 7) is 1.95. The number of nitrogens with one attached hydrogen (secondary N) is 1. The lowest BCUT2D eigenvalue weighted by Crippen LogP contribution is -2.39. The third-order valence-corrected chi connectivity index (χ3v) is 5.95. The van der Waals surface area contributed by atoms with Crippen LogP contribution in [0, 0.1) is 0 Å². The Labute approximate surface area is 187 Å². The summed E-state index contributed by atoms with van der Waals surface area (Å²) in [5, 5.41) is 2.90. The molecule has 0 saturated carbocycles. The molecule has 1 unspecified atom stereocenters. The molecule has 2 saturated heterocycles. The predicted octanol–water partition coefficient (Wildman–Crippen LogP) is 2.28. The van der Waals surface area contributed by atoms with Crippen LogP contribution in [-0.4, -0.2) is 48.4 Å². The van der Waals surface area contributed by atoms with Crippen molar-refractivity contribution in [1.29, 1.82) is 0 Å². The number of para-hydroxylation sites is 1. The summed E-state index contributed by atoms with van der Waals surface area (Å²) in [5.74, 6) is 0.111. The number of benzene rings is 2. The lowest BCUT2D eigenvalue weighted by Gasteiger charge is -2.23. The lowest BCUT2D eigenvalue weighted by atomic mass is 10.1. The molecule has 0 bridgehead atoms. The highest BCUT2D eigenvalue weighted by Crippen LogP contribution is 2.25. The van der Waals surface area contributed by atoms with Crippen LogP contribution in [0.5, 0.6) is 5.75 Å². The molecule has 2 aromatic rings. The van der Waals surface area contributed by atoms with Gasteiger partial charge in [-0.3, -0.25) is 19.3 Å². The third kappa shape index (κ3) is 5.08. The van der Waals surface area contributed by atoms with Crippen molar-refractivity contribution in [2.75, 3.05) is 29.9 Å². The van der Waals surface area contributed by atoms with E-state index >= 15 is 0 Å². The van der Waals surface area contributed by atoms with E-state index in [1.807, 2.05) is 36.4 Å². The molecule has 8 heteroatoms. The SMILES string of the molecule is NC(=O)C1CCCN1Cc1ccccc1NC(=O)COc1ccc(N2CCCC2=O)cc1. The van der Waals surface area contributed by atoms with E-state index in [0.29, 0.717) is 24.4 Å². The molecule has 0 aliphatic carbocycles. The summed E-state index contributed by atoms with van der Waals surface area (Å²) in [6.07, 6.45) is 3.16. The van der Waals surface area contributed by atoms with Crippen LogP contribution in [0.15, 0.2) is 48.5 Å². The molecule has 4 rings (SSSR count). The molecule has 2 aliphatic heterocycles. The molecular weight excluding hydrogens is 408 g/mol. The Balaban J connectivity index is 1.32. The molecule has 1 atom stereocenters. The molecule has 2 heterocycles. The minimum absolute atomic E-state index is 0.132. The topological polar surface area (TPSA) is 105 Å². The second kappa shape index (κ2) is 9.82. The Kier molecular flexibility index (Phi) is 6.70. The van der Waals surface area contributed by atoms with Crippen LogP contribution < -0.4 is 20.7 Å². The molecule has 2 fully saturated rings. The van der Waals surface area contributed by atoms with E-state index in [9.17, 15) is 14.4 Å². The minimum Gasteiger partial charge on any atom is -0.484 e. The molecule has 0 aromatic heterocycles. The highest BCUT2D eigenvalue weighted by Gasteiger charge is 2.29. The summed E-state index contributed by atoms with van der Waals surface area (Å²) in [5.41, 5.74) is 7.98. The number of amides is 3.